The average molecular weight is 346 g/mol. The zero-order chi connectivity index (χ0) is 18.2. The molecule has 0 bridgehead atoms. The van der Waals surface area contributed by atoms with Crippen LogP contribution in [0.3, 0.4) is 0 Å². The molecule has 0 aliphatic heterocycles. The molecule has 0 unspecified atom stereocenters. The minimum absolute atomic E-state index is 0.146. The molecule has 2 aromatic rings. The van der Waals surface area contributed by atoms with E-state index in [-0.39, 0.29) is 11.4 Å². The van der Waals surface area contributed by atoms with Crippen molar-refractivity contribution in [2.75, 3.05) is 0 Å². The van der Waals surface area contributed by atoms with E-state index in [0.717, 1.165) is 22.8 Å². The summed E-state index contributed by atoms with van der Waals surface area (Å²) in [7, 11) is -5.17. The van der Waals surface area contributed by atoms with Gasteiger partial charge in [-0.3, -0.25) is 8.42 Å². The van der Waals surface area contributed by atoms with Gasteiger partial charge in [0, 0.05) is 22.5 Å². The molecule has 2 aromatic heterocycles. The Morgan fingerprint density at radius 1 is 0.826 bits per heavy atom. The number of hydrogen-bond acceptors (Lipinski definition) is 6. The van der Waals surface area contributed by atoms with Crippen LogP contribution in [0.1, 0.15) is 22.8 Å². The molecule has 0 atom stereocenters. The maximum atomic E-state index is 10.6. The van der Waals surface area contributed by atoms with Crippen LogP contribution in [0.4, 0.5) is 0 Å². The smallest absolute Gasteiger partial charge is 0.493 e. The van der Waals surface area contributed by atoms with Crippen molar-refractivity contribution in [2.24, 2.45) is 0 Å². The summed E-state index contributed by atoms with van der Waals surface area (Å²) in [6.45, 7) is 7.40. The molecule has 0 aliphatic carbocycles. The third-order valence-electron chi connectivity index (χ3n) is 2.11. The lowest BCUT2D eigenvalue weighted by Gasteiger charge is -2.06. The van der Waals surface area contributed by atoms with Crippen LogP contribution in [0, 0.1) is 27.7 Å². The SMILES string of the molecule is Cc1cc(C)[nH+]c(=O)[nH]1.Cc1cc(C)[nH+]c(=O)[nH]1.O=S(=O)([O-])[O-]. The van der Waals surface area contributed by atoms with Crippen molar-refractivity contribution in [1.29, 1.82) is 0 Å². The number of hydrogen-bond donors (Lipinski definition) is 2. The third kappa shape index (κ3) is 13.0. The van der Waals surface area contributed by atoms with E-state index >= 15 is 0 Å². The van der Waals surface area contributed by atoms with E-state index in [4.69, 9.17) is 17.5 Å². The Morgan fingerprint density at radius 3 is 1.26 bits per heavy atom. The monoisotopic (exact) mass is 346 g/mol. The van der Waals surface area contributed by atoms with Gasteiger partial charge in [0.05, 0.1) is 0 Å². The molecular weight excluding hydrogens is 328 g/mol. The highest BCUT2D eigenvalue weighted by molar-refractivity contribution is 7.79. The molecule has 0 spiro atoms. The molecule has 2 heterocycles. The van der Waals surface area contributed by atoms with Gasteiger partial charge >= 0.3 is 11.4 Å². The number of nitrogens with one attached hydrogen (secondary N) is 4. The summed E-state index contributed by atoms with van der Waals surface area (Å²) in [4.78, 5) is 31.6. The van der Waals surface area contributed by atoms with Gasteiger partial charge in [0.2, 0.25) is 0 Å². The molecule has 0 saturated heterocycles. The summed E-state index contributed by atoms with van der Waals surface area (Å²) < 4.78 is 34.1. The van der Waals surface area contributed by atoms with Crippen LogP contribution < -0.4 is 21.3 Å². The van der Waals surface area contributed by atoms with Gasteiger partial charge in [0.15, 0.2) is 0 Å². The van der Waals surface area contributed by atoms with Crippen molar-refractivity contribution in [2.45, 2.75) is 27.7 Å². The zero-order valence-electron chi connectivity index (χ0n) is 13.0. The van der Waals surface area contributed by atoms with Crippen LogP contribution in [0.15, 0.2) is 21.7 Å². The van der Waals surface area contributed by atoms with Crippen LogP contribution in [-0.2, 0) is 10.4 Å². The van der Waals surface area contributed by atoms with Crippen LogP contribution in [-0.4, -0.2) is 27.5 Å². The van der Waals surface area contributed by atoms with E-state index in [9.17, 15) is 9.59 Å². The fraction of sp³-hybridized carbons (Fsp3) is 0.333. The Bertz CT molecular complexity index is 744. The van der Waals surface area contributed by atoms with E-state index < -0.39 is 10.4 Å². The van der Waals surface area contributed by atoms with E-state index in [2.05, 4.69) is 19.9 Å². The molecule has 0 amide bonds. The van der Waals surface area contributed by atoms with E-state index in [1.807, 2.05) is 39.8 Å². The van der Waals surface area contributed by atoms with Gasteiger partial charge in [-0.2, -0.15) is 9.59 Å². The van der Waals surface area contributed by atoms with Crippen LogP contribution >= 0.6 is 0 Å². The van der Waals surface area contributed by atoms with E-state index in [0.29, 0.717) is 0 Å². The zero-order valence-corrected chi connectivity index (χ0v) is 13.8. The molecule has 2 rings (SSSR count). The number of aryl methyl sites for hydroxylation is 4. The van der Waals surface area contributed by atoms with E-state index in [1.54, 1.807) is 0 Å². The molecule has 10 nitrogen and oxygen atoms in total. The van der Waals surface area contributed by atoms with Gasteiger partial charge in [-0.05, 0) is 27.7 Å². The molecule has 23 heavy (non-hydrogen) atoms. The van der Waals surface area contributed by atoms with Crippen molar-refractivity contribution in [1.82, 2.24) is 9.97 Å². The second-order valence-corrected chi connectivity index (χ2v) is 5.40. The van der Waals surface area contributed by atoms with Gasteiger partial charge in [-0.25, -0.2) is 19.9 Å². The molecule has 0 aromatic carbocycles. The van der Waals surface area contributed by atoms with Crippen molar-refractivity contribution >= 4 is 10.4 Å². The molecule has 4 N–H and O–H groups in total. The van der Waals surface area contributed by atoms with E-state index in [1.165, 1.54) is 0 Å². The summed E-state index contributed by atoms with van der Waals surface area (Å²) in [5.41, 5.74) is 3.25. The predicted octanol–water partition coefficient (Wildman–Crippen LogP) is -1.73. The first-order valence-electron chi connectivity index (χ1n) is 6.23. The quantitative estimate of drug-likeness (QED) is 0.423. The maximum absolute atomic E-state index is 10.6. The van der Waals surface area contributed by atoms with Crippen LogP contribution in [0.5, 0.6) is 0 Å². The summed E-state index contributed by atoms with van der Waals surface area (Å²) in [5.74, 6) is 0. The second-order valence-electron chi connectivity index (χ2n) is 4.59. The van der Waals surface area contributed by atoms with Gasteiger partial charge in [-0.1, -0.05) is 0 Å². The predicted molar refractivity (Wildman–Crippen MR) is 76.7 cm³/mol. The molecule has 0 saturated carbocycles. The fourth-order valence-electron chi connectivity index (χ4n) is 1.57. The van der Waals surface area contributed by atoms with Gasteiger partial charge in [-0.15, -0.1) is 0 Å². The highest BCUT2D eigenvalue weighted by Crippen LogP contribution is 1.85. The molecule has 0 aliphatic rings. The largest absolute Gasteiger partial charge is 0.759 e. The van der Waals surface area contributed by atoms with Crippen molar-refractivity contribution < 1.29 is 27.5 Å². The summed E-state index contributed by atoms with van der Waals surface area (Å²) >= 11 is 0. The standard InChI is InChI=1S/2C6H8N2O.H2O4S/c2*1-4-3-5(2)8-6(9)7-4;1-5(2,3)4/h2*3H,1-2H3,(H,7,8,9);(H2,1,2,3,4). The highest BCUT2D eigenvalue weighted by atomic mass is 32.3. The third-order valence-corrected chi connectivity index (χ3v) is 2.11. The Kier molecular flexibility index (Phi) is 8.00. The first-order valence-corrected chi connectivity index (χ1v) is 7.56. The molecule has 128 valence electrons. The topological polar surface area (TPSA) is 174 Å². The van der Waals surface area contributed by atoms with Crippen molar-refractivity contribution in [3.05, 3.63) is 55.9 Å². The summed E-state index contributed by atoms with van der Waals surface area (Å²) in [6.07, 6.45) is 0. The Labute approximate surface area is 132 Å². The normalized spacial score (nSPS) is 10.0. The average Bonchev–Trinajstić information content (AvgIpc) is 2.22. The van der Waals surface area contributed by atoms with Crippen LogP contribution in [0.25, 0.3) is 0 Å². The minimum Gasteiger partial charge on any atom is -0.759 e. The molecular formula is C12H18N4O6S. The first kappa shape index (κ1) is 20.6. The summed E-state index contributed by atoms with van der Waals surface area (Å²) in [5, 5.41) is 0. The molecule has 0 radical (unpaired) electrons. The summed E-state index contributed by atoms with van der Waals surface area (Å²) in [6, 6.07) is 3.75. The lowest BCUT2D eigenvalue weighted by molar-refractivity contribution is -0.412. The lowest BCUT2D eigenvalue weighted by atomic mass is 10.4. The second kappa shape index (κ2) is 8.92. The first-order chi connectivity index (χ1) is 10.4. The number of aromatic amines is 4. The highest BCUT2D eigenvalue weighted by Gasteiger charge is 1.96. The number of rotatable bonds is 0. The van der Waals surface area contributed by atoms with Crippen molar-refractivity contribution in [3.8, 4) is 0 Å². The number of H-pyrrole nitrogens is 4. The van der Waals surface area contributed by atoms with Gasteiger partial charge in [0.1, 0.15) is 22.8 Å². The molecule has 0 fully saturated rings. The fourth-order valence-corrected chi connectivity index (χ4v) is 1.57. The Morgan fingerprint density at radius 2 is 1.09 bits per heavy atom. The minimum atomic E-state index is -5.17. The lowest BCUT2D eigenvalue weighted by Crippen LogP contribution is -2.32. The van der Waals surface area contributed by atoms with Gasteiger partial charge in [0.25, 0.3) is 0 Å². The maximum Gasteiger partial charge on any atom is 0.493 e. The Hall–Kier alpha value is -2.37. The number of aromatic nitrogens is 4. The molecule has 11 heteroatoms. The Balaban J connectivity index is 0.000000332. The van der Waals surface area contributed by atoms with Gasteiger partial charge < -0.3 is 9.11 Å². The van der Waals surface area contributed by atoms with Crippen molar-refractivity contribution in [3.63, 3.8) is 0 Å². The van der Waals surface area contributed by atoms with Crippen LogP contribution in [0.2, 0.25) is 0 Å².